The molecule has 2 aromatic rings. The first-order valence-corrected chi connectivity index (χ1v) is 10.6. The van der Waals surface area contributed by atoms with E-state index < -0.39 is 0 Å². The van der Waals surface area contributed by atoms with Gasteiger partial charge in [0.05, 0.1) is 31.0 Å². The Balaban J connectivity index is 1.71. The highest BCUT2D eigenvalue weighted by atomic mass is 35.5. The first-order valence-electron chi connectivity index (χ1n) is 9.81. The van der Waals surface area contributed by atoms with Crippen LogP contribution in [0.3, 0.4) is 0 Å². The Kier molecular flexibility index (Phi) is 8.12. The second-order valence-corrected chi connectivity index (χ2v) is 7.88. The number of morpholine rings is 1. The summed E-state index contributed by atoms with van der Waals surface area (Å²) in [5.74, 6) is 0.848. The molecule has 3 rings (SSSR count). The van der Waals surface area contributed by atoms with Crippen molar-refractivity contribution in [3.05, 3.63) is 58.6 Å². The Bertz CT molecular complexity index is 790. The second-order valence-electron chi connectivity index (χ2n) is 7.09. The number of hydrogen-bond acceptors (Lipinski definition) is 4. The number of thiocarbonyl (C=S) groups is 1. The lowest BCUT2D eigenvalue weighted by atomic mass is 10.2. The van der Waals surface area contributed by atoms with E-state index in [1.165, 1.54) is 5.56 Å². The van der Waals surface area contributed by atoms with Gasteiger partial charge in [0.25, 0.3) is 0 Å². The van der Waals surface area contributed by atoms with Gasteiger partial charge in [0.1, 0.15) is 5.75 Å². The first kappa shape index (κ1) is 21.8. The molecule has 1 saturated heterocycles. The highest BCUT2D eigenvalue weighted by molar-refractivity contribution is 7.80. The van der Waals surface area contributed by atoms with E-state index in [0.717, 1.165) is 56.4 Å². The first-order chi connectivity index (χ1) is 14.1. The third kappa shape index (κ3) is 6.31. The van der Waals surface area contributed by atoms with E-state index in [1.807, 2.05) is 37.3 Å². The van der Waals surface area contributed by atoms with Gasteiger partial charge in [-0.25, -0.2) is 0 Å². The lowest BCUT2D eigenvalue weighted by Gasteiger charge is -2.32. The molecule has 5 nitrogen and oxygen atoms in total. The van der Waals surface area contributed by atoms with Crippen LogP contribution in [-0.2, 0) is 11.3 Å². The smallest absolute Gasteiger partial charge is 0.173 e. The van der Waals surface area contributed by atoms with Crippen LogP contribution in [0.2, 0.25) is 5.02 Å². The molecule has 0 atom stereocenters. The van der Waals surface area contributed by atoms with Gasteiger partial charge in [-0.3, -0.25) is 4.90 Å². The molecule has 0 bridgehead atoms. The van der Waals surface area contributed by atoms with E-state index in [1.54, 1.807) is 7.11 Å². The summed E-state index contributed by atoms with van der Waals surface area (Å²) in [5.41, 5.74) is 3.11. The summed E-state index contributed by atoms with van der Waals surface area (Å²) in [6.45, 7) is 7.99. The molecular formula is C22H28ClN3O2S. The quantitative estimate of drug-likeness (QED) is 0.660. The van der Waals surface area contributed by atoms with E-state index in [-0.39, 0.29) is 0 Å². The molecule has 0 unspecified atom stereocenters. The zero-order valence-electron chi connectivity index (χ0n) is 17.0. The Labute approximate surface area is 183 Å². The molecule has 7 heteroatoms. The van der Waals surface area contributed by atoms with Gasteiger partial charge in [-0.15, -0.1) is 0 Å². The number of rotatable bonds is 7. The van der Waals surface area contributed by atoms with Gasteiger partial charge in [-0.1, -0.05) is 35.9 Å². The molecule has 0 aromatic heterocycles. The van der Waals surface area contributed by atoms with Crippen molar-refractivity contribution in [2.24, 2.45) is 0 Å². The number of aryl methyl sites for hydroxylation is 1. The number of nitrogens with zero attached hydrogens (tertiary/aromatic N) is 2. The predicted octanol–water partition coefficient (Wildman–Crippen LogP) is 4.19. The van der Waals surface area contributed by atoms with Crippen LogP contribution in [0.4, 0.5) is 5.69 Å². The standard InChI is InChI=1S/C22H28ClN3O2S/c1-17-4-3-5-20(23)21(17)24-22(29)26(11-10-25-12-14-28-15-13-25)16-18-6-8-19(27-2)9-7-18/h3-9H,10-16H2,1-2H3,(H,24,29). The summed E-state index contributed by atoms with van der Waals surface area (Å²) in [7, 11) is 1.68. The van der Waals surface area contributed by atoms with Crippen LogP contribution in [-0.4, -0.2) is 61.4 Å². The highest BCUT2D eigenvalue weighted by Gasteiger charge is 2.16. The molecule has 0 saturated carbocycles. The van der Waals surface area contributed by atoms with Crippen LogP contribution in [0.15, 0.2) is 42.5 Å². The lowest BCUT2D eigenvalue weighted by Crippen LogP contribution is -2.44. The third-order valence-electron chi connectivity index (χ3n) is 5.06. The van der Waals surface area contributed by atoms with E-state index in [2.05, 4.69) is 27.2 Å². The molecule has 0 amide bonds. The Morgan fingerprint density at radius 1 is 1.21 bits per heavy atom. The third-order valence-corrected chi connectivity index (χ3v) is 5.74. The predicted molar refractivity (Wildman–Crippen MR) is 123 cm³/mol. The van der Waals surface area contributed by atoms with E-state index in [9.17, 15) is 0 Å². The molecule has 1 aliphatic heterocycles. The zero-order valence-corrected chi connectivity index (χ0v) is 18.6. The molecule has 29 heavy (non-hydrogen) atoms. The molecule has 1 heterocycles. The molecule has 0 spiro atoms. The number of benzene rings is 2. The SMILES string of the molecule is COc1ccc(CN(CCN2CCOCC2)C(=S)Nc2c(C)cccc2Cl)cc1. The van der Waals surface area contributed by atoms with Crippen molar-refractivity contribution in [1.82, 2.24) is 9.80 Å². The zero-order chi connectivity index (χ0) is 20.6. The number of nitrogens with one attached hydrogen (secondary N) is 1. The van der Waals surface area contributed by atoms with Crippen LogP contribution in [0.1, 0.15) is 11.1 Å². The van der Waals surface area contributed by atoms with Gasteiger partial charge < -0.3 is 19.7 Å². The topological polar surface area (TPSA) is 37.0 Å². The molecule has 1 fully saturated rings. The minimum Gasteiger partial charge on any atom is -0.497 e. The minimum atomic E-state index is 0.671. The van der Waals surface area contributed by atoms with Crippen molar-refractivity contribution < 1.29 is 9.47 Å². The Morgan fingerprint density at radius 3 is 2.59 bits per heavy atom. The van der Waals surface area contributed by atoms with Gasteiger partial charge in [0, 0.05) is 32.7 Å². The highest BCUT2D eigenvalue weighted by Crippen LogP contribution is 2.26. The van der Waals surface area contributed by atoms with Crippen LogP contribution in [0.5, 0.6) is 5.75 Å². The maximum Gasteiger partial charge on any atom is 0.173 e. The average Bonchev–Trinajstić information content (AvgIpc) is 2.75. The number of anilines is 1. The Morgan fingerprint density at radius 2 is 1.93 bits per heavy atom. The molecule has 1 N–H and O–H groups in total. The van der Waals surface area contributed by atoms with Crippen molar-refractivity contribution >= 4 is 34.6 Å². The molecule has 156 valence electrons. The summed E-state index contributed by atoms with van der Waals surface area (Å²) in [5, 5.41) is 4.71. The van der Waals surface area contributed by atoms with Crippen LogP contribution in [0, 0.1) is 6.92 Å². The van der Waals surface area contributed by atoms with Crippen molar-refractivity contribution in [2.75, 3.05) is 51.8 Å². The number of para-hydroxylation sites is 1. The maximum atomic E-state index is 6.39. The fraction of sp³-hybridized carbons (Fsp3) is 0.409. The minimum absolute atomic E-state index is 0.671. The maximum absolute atomic E-state index is 6.39. The normalized spacial score (nSPS) is 14.4. The van der Waals surface area contributed by atoms with Crippen LogP contribution < -0.4 is 10.1 Å². The van der Waals surface area contributed by atoms with Crippen molar-refractivity contribution in [2.45, 2.75) is 13.5 Å². The molecule has 0 aliphatic carbocycles. The summed E-state index contributed by atoms with van der Waals surface area (Å²) >= 11 is 12.2. The van der Waals surface area contributed by atoms with Crippen LogP contribution in [0.25, 0.3) is 0 Å². The number of ether oxygens (including phenoxy) is 2. The number of hydrogen-bond donors (Lipinski definition) is 1. The summed E-state index contributed by atoms with van der Waals surface area (Å²) in [4.78, 5) is 4.60. The van der Waals surface area contributed by atoms with E-state index >= 15 is 0 Å². The van der Waals surface area contributed by atoms with Gasteiger partial charge >= 0.3 is 0 Å². The fourth-order valence-electron chi connectivity index (χ4n) is 3.27. The average molecular weight is 434 g/mol. The van der Waals surface area contributed by atoms with E-state index in [4.69, 9.17) is 33.3 Å². The van der Waals surface area contributed by atoms with Crippen molar-refractivity contribution in [3.63, 3.8) is 0 Å². The van der Waals surface area contributed by atoms with Crippen LogP contribution >= 0.6 is 23.8 Å². The van der Waals surface area contributed by atoms with Crippen molar-refractivity contribution in [1.29, 1.82) is 0 Å². The van der Waals surface area contributed by atoms with Gasteiger partial charge in [-0.2, -0.15) is 0 Å². The summed E-state index contributed by atoms with van der Waals surface area (Å²) in [6.07, 6.45) is 0. The largest absolute Gasteiger partial charge is 0.497 e. The molecule has 1 aliphatic rings. The number of methoxy groups -OCH3 is 1. The van der Waals surface area contributed by atoms with E-state index in [0.29, 0.717) is 16.7 Å². The Hall–Kier alpha value is -1.86. The summed E-state index contributed by atoms with van der Waals surface area (Å²) < 4.78 is 10.7. The molecule has 2 aromatic carbocycles. The molecular weight excluding hydrogens is 406 g/mol. The van der Waals surface area contributed by atoms with Gasteiger partial charge in [-0.05, 0) is 48.5 Å². The number of halogens is 1. The monoisotopic (exact) mass is 433 g/mol. The molecule has 0 radical (unpaired) electrons. The van der Waals surface area contributed by atoms with Gasteiger partial charge in [0.15, 0.2) is 5.11 Å². The fourth-order valence-corrected chi connectivity index (χ4v) is 3.79. The summed E-state index contributed by atoms with van der Waals surface area (Å²) in [6, 6.07) is 13.9. The van der Waals surface area contributed by atoms with Gasteiger partial charge in [0.2, 0.25) is 0 Å². The lowest BCUT2D eigenvalue weighted by molar-refractivity contribution is 0.0358. The van der Waals surface area contributed by atoms with Crippen molar-refractivity contribution in [3.8, 4) is 5.75 Å². The second kappa shape index (κ2) is 10.8.